The predicted molar refractivity (Wildman–Crippen MR) is 81.1 cm³/mol. The highest BCUT2D eigenvalue weighted by atomic mass is 79.9. The molecule has 2 aromatic rings. The number of carbonyl (C=O) groups is 1. The van der Waals surface area contributed by atoms with Gasteiger partial charge in [0.2, 0.25) is 0 Å². The van der Waals surface area contributed by atoms with Crippen LogP contribution >= 0.6 is 15.9 Å². The smallest absolute Gasteiger partial charge is 0.255 e. The van der Waals surface area contributed by atoms with Crippen LogP contribution in [0.2, 0.25) is 0 Å². The van der Waals surface area contributed by atoms with Gasteiger partial charge in [-0.1, -0.05) is 22.0 Å². The number of hydrogen-bond donors (Lipinski definition) is 0. The second kappa shape index (κ2) is 6.76. The van der Waals surface area contributed by atoms with Gasteiger partial charge in [0.1, 0.15) is 5.52 Å². The summed E-state index contributed by atoms with van der Waals surface area (Å²) in [6.07, 6.45) is 3.21. The number of amides is 1. The normalized spacial score (nSPS) is 12.3. The van der Waals surface area contributed by atoms with E-state index in [-0.39, 0.29) is 10.7 Å². The number of methoxy groups -OCH3 is 1. The largest absolute Gasteiger partial charge is 0.383 e. The lowest BCUT2D eigenvalue weighted by atomic mass is 10.1. The van der Waals surface area contributed by atoms with Crippen molar-refractivity contribution in [1.82, 2.24) is 14.9 Å². The number of fused-ring (bicyclic) bond motifs is 1. The minimum Gasteiger partial charge on any atom is -0.383 e. The van der Waals surface area contributed by atoms with E-state index < -0.39 is 0 Å². The fourth-order valence-corrected chi connectivity index (χ4v) is 2.68. The molecule has 1 aromatic carbocycles. The zero-order valence-corrected chi connectivity index (χ0v) is 13.0. The van der Waals surface area contributed by atoms with Gasteiger partial charge in [-0.15, -0.1) is 0 Å². The minimum atomic E-state index is -0.0725. The number of alkyl halides is 1. The highest BCUT2D eigenvalue weighted by Gasteiger charge is 2.18. The molecule has 0 aliphatic rings. The zero-order chi connectivity index (χ0) is 14.5. The maximum atomic E-state index is 12.5. The molecule has 0 N–H and O–H groups in total. The zero-order valence-electron chi connectivity index (χ0n) is 11.4. The lowest BCUT2D eigenvalue weighted by Crippen LogP contribution is -2.33. The summed E-state index contributed by atoms with van der Waals surface area (Å²) in [5.74, 6) is -0.0725. The van der Waals surface area contributed by atoms with Gasteiger partial charge in [-0.25, -0.2) is 0 Å². The van der Waals surface area contributed by atoms with Crippen LogP contribution in [0.5, 0.6) is 0 Å². The topological polar surface area (TPSA) is 55.3 Å². The number of nitrogens with zero attached hydrogens (tertiary/aromatic N) is 3. The van der Waals surface area contributed by atoms with Crippen molar-refractivity contribution in [1.29, 1.82) is 0 Å². The molecular formula is C14H16BrN3O2. The monoisotopic (exact) mass is 337 g/mol. The fraction of sp³-hybridized carbons (Fsp3) is 0.357. The first-order valence-electron chi connectivity index (χ1n) is 6.21. The first kappa shape index (κ1) is 14.9. The fourth-order valence-electron chi connectivity index (χ4n) is 1.98. The average molecular weight is 338 g/mol. The number of ether oxygens (including phenoxy) is 1. The third-order valence-electron chi connectivity index (χ3n) is 2.90. The third kappa shape index (κ3) is 3.32. The standard InChI is InChI=1S/C14H16BrN3O2/c1-18(8-10(15)9-20-2)14(19)11-4-3-5-12-13(11)17-7-6-16-12/h3-7,10H,8-9H2,1-2H3. The number of aromatic nitrogens is 2. The van der Waals surface area contributed by atoms with Crippen molar-refractivity contribution in [3.05, 3.63) is 36.2 Å². The Morgan fingerprint density at radius 2 is 2.15 bits per heavy atom. The van der Waals surface area contributed by atoms with Crippen molar-refractivity contribution in [3.63, 3.8) is 0 Å². The van der Waals surface area contributed by atoms with Crippen molar-refractivity contribution in [3.8, 4) is 0 Å². The third-order valence-corrected chi connectivity index (χ3v) is 3.45. The Labute approximate surface area is 126 Å². The molecule has 1 atom stereocenters. The Morgan fingerprint density at radius 1 is 1.40 bits per heavy atom. The van der Waals surface area contributed by atoms with E-state index in [9.17, 15) is 4.79 Å². The summed E-state index contributed by atoms with van der Waals surface area (Å²) >= 11 is 3.48. The van der Waals surface area contributed by atoms with Crippen molar-refractivity contribution >= 4 is 32.9 Å². The van der Waals surface area contributed by atoms with E-state index in [0.717, 1.165) is 5.52 Å². The Balaban J connectivity index is 2.23. The number of benzene rings is 1. The highest BCUT2D eigenvalue weighted by Crippen LogP contribution is 2.16. The second-order valence-electron chi connectivity index (χ2n) is 4.47. The molecule has 0 spiro atoms. The molecule has 0 aliphatic heterocycles. The van der Waals surface area contributed by atoms with Crippen LogP contribution in [-0.4, -0.2) is 52.9 Å². The molecule has 1 heterocycles. The van der Waals surface area contributed by atoms with Gasteiger partial charge in [-0.3, -0.25) is 14.8 Å². The quantitative estimate of drug-likeness (QED) is 0.784. The molecule has 20 heavy (non-hydrogen) atoms. The Bertz CT molecular complexity index is 600. The summed E-state index contributed by atoms with van der Waals surface area (Å²) in [6.45, 7) is 1.11. The molecule has 1 aromatic heterocycles. The van der Waals surface area contributed by atoms with Crippen LogP contribution < -0.4 is 0 Å². The van der Waals surface area contributed by atoms with E-state index in [0.29, 0.717) is 24.2 Å². The van der Waals surface area contributed by atoms with Crippen molar-refractivity contribution in [2.75, 3.05) is 27.3 Å². The molecule has 0 saturated heterocycles. The van der Waals surface area contributed by atoms with E-state index in [2.05, 4.69) is 25.9 Å². The van der Waals surface area contributed by atoms with E-state index >= 15 is 0 Å². The van der Waals surface area contributed by atoms with Gasteiger partial charge < -0.3 is 9.64 Å². The van der Waals surface area contributed by atoms with E-state index in [1.165, 1.54) is 0 Å². The molecule has 5 nitrogen and oxygen atoms in total. The molecular weight excluding hydrogens is 322 g/mol. The molecule has 2 rings (SSSR count). The predicted octanol–water partition coefficient (Wildman–Crippen LogP) is 2.11. The number of carbonyl (C=O) groups excluding carboxylic acids is 1. The molecule has 0 radical (unpaired) electrons. The lowest BCUT2D eigenvalue weighted by Gasteiger charge is -2.20. The first-order chi connectivity index (χ1) is 9.63. The minimum absolute atomic E-state index is 0.0725. The van der Waals surface area contributed by atoms with E-state index in [1.807, 2.05) is 12.1 Å². The summed E-state index contributed by atoms with van der Waals surface area (Å²) in [7, 11) is 3.40. The van der Waals surface area contributed by atoms with Gasteiger partial charge in [-0.2, -0.15) is 0 Å². The number of hydrogen-bond acceptors (Lipinski definition) is 4. The van der Waals surface area contributed by atoms with Gasteiger partial charge >= 0.3 is 0 Å². The van der Waals surface area contributed by atoms with Gasteiger partial charge in [0.25, 0.3) is 5.91 Å². The van der Waals surface area contributed by atoms with Crippen molar-refractivity contribution in [2.45, 2.75) is 4.83 Å². The molecule has 1 amide bonds. The Hall–Kier alpha value is -1.53. The van der Waals surface area contributed by atoms with Gasteiger partial charge in [-0.05, 0) is 12.1 Å². The summed E-state index contributed by atoms with van der Waals surface area (Å²) in [5.41, 5.74) is 1.92. The van der Waals surface area contributed by atoms with E-state index in [1.54, 1.807) is 37.5 Å². The van der Waals surface area contributed by atoms with Gasteiger partial charge in [0.15, 0.2) is 0 Å². The van der Waals surface area contributed by atoms with Crippen LogP contribution in [0, 0.1) is 0 Å². The SMILES string of the molecule is COCC(Br)CN(C)C(=O)c1cccc2nccnc12. The van der Waals surface area contributed by atoms with Crippen LogP contribution in [0.25, 0.3) is 11.0 Å². The second-order valence-corrected chi connectivity index (χ2v) is 5.76. The molecule has 1 unspecified atom stereocenters. The Kier molecular flexibility index (Phi) is 5.03. The number of rotatable bonds is 5. The number of halogens is 1. The van der Waals surface area contributed by atoms with Gasteiger partial charge in [0.05, 0.1) is 22.5 Å². The van der Waals surface area contributed by atoms with Crippen LogP contribution in [0.4, 0.5) is 0 Å². The molecule has 6 heteroatoms. The average Bonchev–Trinajstić information content (AvgIpc) is 2.46. The van der Waals surface area contributed by atoms with Crippen LogP contribution in [0.15, 0.2) is 30.6 Å². The molecule has 0 aliphatic carbocycles. The van der Waals surface area contributed by atoms with E-state index in [4.69, 9.17) is 4.74 Å². The molecule has 0 fully saturated rings. The van der Waals surface area contributed by atoms with Crippen molar-refractivity contribution in [2.24, 2.45) is 0 Å². The molecule has 106 valence electrons. The number of para-hydroxylation sites is 1. The lowest BCUT2D eigenvalue weighted by molar-refractivity contribution is 0.0786. The molecule has 0 bridgehead atoms. The first-order valence-corrected chi connectivity index (χ1v) is 7.13. The molecule has 0 saturated carbocycles. The van der Waals surface area contributed by atoms with Crippen LogP contribution in [-0.2, 0) is 4.74 Å². The Morgan fingerprint density at radius 3 is 2.90 bits per heavy atom. The van der Waals surface area contributed by atoms with Gasteiger partial charge in [0, 0.05) is 33.1 Å². The summed E-state index contributed by atoms with van der Waals surface area (Å²) in [6, 6.07) is 5.44. The van der Waals surface area contributed by atoms with Crippen LogP contribution in [0.3, 0.4) is 0 Å². The summed E-state index contributed by atoms with van der Waals surface area (Å²) < 4.78 is 5.05. The van der Waals surface area contributed by atoms with Crippen LogP contribution in [0.1, 0.15) is 10.4 Å². The maximum absolute atomic E-state index is 12.5. The summed E-state index contributed by atoms with van der Waals surface area (Å²) in [5, 5.41) is 0. The summed E-state index contributed by atoms with van der Waals surface area (Å²) in [4.78, 5) is 22.7. The maximum Gasteiger partial charge on any atom is 0.255 e. The highest BCUT2D eigenvalue weighted by molar-refractivity contribution is 9.09. The van der Waals surface area contributed by atoms with Crippen molar-refractivity contribution < 1.29 is 9.53 Å².